The van der Waals surface area contributed by atoms with Crippen molar-refractivity contribution in [1.82, 2.24) is 9.88 Å². The molecule has 33 heavy (non-hydrogen) atoms. The van der Waals surface area contributed by atoms with Gasteiger partial charge >= 0.3 is 0 Å². The molecule has 1 N–H and O–H groups in total. The second-order valence-corrected chi connectivity index (χ2v) is 8.87. The summed E-state index contributed by atoms with van der Waals surface area (Å²) in [5.74, 6) is -0.197. The minimum Gasteiger partial charge on any atom is -0.342 e. The third-order valence-electron chi connectivity index (χ3n) is 5.31. The Bertz CT molecular complexity index is 1500. The minimum absolute atomic E-state index is 0.197. The van der Waals surface area contributed by atoms with E-state index in [0.29, 0.717) is 32.9 Å². The van der Waals surface area contributed by atoms with Gasteiger partial charge < -0.3 is 9.88 Å². The van der Waals surface area contributed by atoms with Crippen molar-refractivity contribution in [3.05, 3.63) is 106 Å². The van der Waals surface area contributed by atoms with Crippen molar-refractivity contribution in [3.63, 3.8) is 0 Å². The molecule has 0 saturated carbocycles. The topological polar surface area (TPSA) is 70.2 Å². The fourth-order valence-electron chi connectivity index (χ4n) is 3.75. The second kappa shape index (κ2) is 8.99. The Balaban J connectivity index is 1.50. The molecule has 1 aliphatic heterocycles. The molecule has 1 saturated heterocycles. The van der Waals surface area contributed by atoms with Crippen molar-refractivity contribution in [3.8, 4) is 6.07 Å². The van der Waals surface area contributed by atoms with E-state index < -0.39 is 0 Å². The lowest BCUT2D eigenvalue weighted by molar-refractivity contribution is -0.115. The zero-order chi connectivity index (χ0) is 22.8. The molecule has 1 aliphatic rings. The third-order valence-corrected chi connectivity index (χ3v) is 6.54. The Labute approximate surface area is 200 Å². The Morgan fingerprint density at radius 3 is 2.67 bits per heavy atom. The first-order chi connectivity index (χ1) is 16.1. The summed E-state index contributed by atoms with van der Waals surface area (Å²) in [6.07, 6.45) is 3.90. The first-order valence-electron chi connectivity index (χ1n) is 10.2. The molecule has 5 rings (SSSR count). The van der Waals surface area contributed by atoms with Crippen LogP contribution in [0.2, 0.25) is 5.02 Å². The average Bonchev–Trinajstić information content (AvgIpc) is 3.35. The number of aromatic nitrogens is 1. The van der Waals surface area contributed by atoms with Gasteiger partial charge in [-0.2, -0.15) is 5.26 Å². The van der Waals surface area contributed by atoms with Crippen LogP contribution >= 0.6 is 23.4 Å². The normalized spacial score (nSPS) is 15.8. The Hall–Kier alpha value is -3.79. The van der Waals surface area contributed by atoms with Gasteiger partial charge in [-0.3, -0.25) is 4.79 Å². The third kappa shape index (κ3) is 4.29. The number of fused-ring (bicyclic) bond motifs is 1. The first-order valence-corrected chi connectivity index (χ1v) is 11.4. The number of hydrogen-bond donors (Lipinski definition) is 1. The number of amidine groups is 1. The van der Waals surface area contributed by atoms with Crippen molar-refractivity contribution in [2.24, 2.45) is 4.99 Å². The summed E-state index contributed by atoms with van der Waals surface area (Å²) in [6, 6.07) is 25.1. The van der Waals surface area contributed by atoms with Crippen LogP contribution in [0.4, 0.5) is 5.69 Å². The van der Waals surface area contributed by atoms with Crippen LogP contribution in [0.5, 0.6) is 0 Å². The Morgan fingerprint density at radius 2 is 1.82 bits per heavy atom. The lowest BCUT2D eigenvalue weighted by atomic mass is 10.1. The zero-order valence-electron chi connectivity index (χ0n) is 17.3. The van der Waals surface area contributed by atoms with Crippen molar-refractivity contribution < 1.29 is 4.79 Å². The quantitative estimate of drug-likeness (QED) is 0.367. The van der Waals surface area contributed by atoms with Gasteiger partial charge in [0.05, 0.1) is 27.2 Å². The van der Waals surface area contributed by atoms with Crippen molar-refractivity contribution in [2.45, 2.75) is 6.54 Å². The van der Waals surface area contributed by atoms with Crippen molar-refractivity contribution >= 4 is 57.1 Å². The first kappa shape index (κ1) is 21.1. The van der Waals surface area contributed by atoms with Gasteiger partial charge in [0, 0.05) is 29.2 Å². The molecule has 0 radical (unpaired) electrons. The van der Waals surface area contributed by atoms with Gasteiger partial charge in [0.2, 0.25) is 0 Å². The van der Waals surface area contributed by atoms with E-state index in [-0.39, 0.29) is 5.91 Å². The van der Waals surface area contributed by atoms with E-state index in [4.69, 9.17) is 11.6 Å². The second-order valence-electron chi connectivity index (χ2n) is 7.43. The highest BCUT2D eigenvalue weighted by atomic mass is 35.5. The van der Waals surface area contributed by atoms with E-state index in [1.54, 1.807) is 12.1 Å². The van der Waals surface area contributed by atoms with E-state index in [2.05, 4.69) is 20.9 Å². The van der Waals surface area contributed by atoms with Crippen LogP contribution in [0.3, 0.4) is 0 Å². The van der Waals surface area contributed by atoms with Crippen LogP contribution in [0.15, 0.2) is 88.9 Å². The number of benzene rings is 3. The molecule has 3 aromatic carbocycles. The molecule has 4 aromatic rings. The predicted octanol–water partition coefficient (Wildman–Crippen LogP) is 6.11. The van der Waals surface area contributed by atoms with E-state index >= 15 is 0 Å². The van der Waals surface area contributed by atoms with Gasteiger partial charge in [-0.05, 0) is 47.7 Å². The zero-order valence-corrected chi connectivity index (χ0v) is 18.9. The standard InChI is InChI=1S/C26H17ClN4OS/c27-21-10-4-5-11-22(21)29-26-30-25(32)24(33-26)13-19-16-31(23-12-6-3-9-20(19)23)15-18-8-2-1-7-17(18)14-28/h1-13,16H,15H2,(H,29,30,32)/b24-13-. The van der Waals surface area contributed by atoms with Gasteiger partial charge in [0.25, 0.3) is 5.91 Å². The number of para-hydroxylation sites is 2. The smallest absolute Gasteiger partial charge is 0.264 e. The molecule has 5 nitrogen and oxygen atoms in total. The fraction of sp³-hybridized carbons (Fsp3) is 0.0385. The number of nitrogens with one attached hydrogen (secondary N) is 1. The number of carbonyl (C=O) groups is 1. The largest absolute Gasteiger partial charge is 0.342 e. The van der Waals surface area contributed by atoms with Gasteiger partial charge in [-0.1, -0.05) is 60.1 Å². The fourth-order valence-corrected chi connectivity index (χ4v) is 4.75. The number of halogens is 1. The van der Waals surface area contributed by atoms with Gasteiger partial charge in [0.15, 0.2) is 5.17 Å². The summed E-state index contributed by atoms with van der Waals surface area (Å²) in [7, 11) is 0. The van der Waals surface area contributed by atoms with Crippen LogP contribution in [0.25, 0.3) is 17.0 Å². The summed E-state index contributed by atoms with van der Waals surface area (Å²) in [5.41, 5.74) is 4.17. The summed E-state index contributed by atoms with van der Waals surface area (Å²) in [4.78, 5) is 17.7. The molecule has 0 bridgehead atoms. The van der Waals surface area contributed by atoms with Crippen molar-refractivity contribution in [2.75, 3.05) is 0 Å². The summed E-state index contributed by atoms with van der Waals surface area (Å²) in [6.45, 7) is 0.561. The molecule has 7 heteroatoms. The number of thioether (sulfide) groups is 1. The molecule has 0 unspecified atom stereocenters. The summed E-state index contributed by atoms with van der Waals surface area (Å²) < 4.78 is 2.11. The highest BCUT2D eigenvalue weighted by Crippen LogP contribution is 2.33. The molecule has 2 heterocycles. The molecule has 1 aromatic heterocycles. The number of carbonyl (C=O) groups excluding carboxylic acids is 1. The average molecular weight is 469 g/mol. The lowest BCUT2D eigenvalue weighted by Crippen LogP contribution is -2.19. The maximum absolute atomic E-state index is 12.6. The van der Waals surface area contributed by atoms with Gasteiger partial charge in [0.1, 0.15) is 0 Å². The lowest BCUT2D eigenvalue weighted by Gasteiger charge is -2.07. The number of rotatable bonds is 4. The maximum atomic E-state index is 12.6. The van der Waals surface area contributed by atoms with E-state index in [1.807, 2.05) is 72.9 Å². The highest BCUT2D eigenvalue weighted by molar-refractivity contribution is 8.18. The predicted molar refractivity (Wildman–Crippen MR) is 134 cm³/mol. The molecule has 160 valence electrons. The highest BCUT2D eigenvalue weighted by Gasteiger charge is 2.24. The number of nitriles is 1. The molecule has 1 amide bonds. The van der Waals surface area contributed by atoms with Crippen LogP contribution in [-0.4, -0.2) is 15.6 Å². The van der Waals surface area contributed by atoms with Crippen LogP contribution < -0.4 is 5.32 Å². The van der Waals surface area contributed by atoms with E-state index in [9.17, 15) is 10.1 Å². The van der Waals surface area contributed by atoms with E-state index in [0.717, 1.165) is 22.0 Å². The molecule has 0 spiro atoms. The SMILES string of the molecule is N#Cc1ccccc1Cn1cc(/C=C2\SC(=Nc3ccccc3Cl)NC2=O)c2ccccc21. The van der Waals surface area contributed by atoms with Crippen LogP contribution in [0, 0.1) is 11.3 Å². The Morgan fingerprint density at radius 1 is 1.06 bits per heavy atom. The van der Waals surface area contributed by atoms with Crippen LogP contribution in [-0.2, 0) is 11.3 Å². The molecular weight excluding hydrogens is 452 g/mol. The van der Waals surface area contributed by atoms with Crippen molar-refractivity contribution in [1.29, 1.82) is 5.26 Å². The number of nitrogens with zero attached hydrogens (tertiary/aromatic N) is 3. The Kier molecular flexibility index (Phi) is 5.74. The number of amides is 1. The molecule has 0 aliphatic carbocycles. The minimum atomic E-state index is -0.197. The molecule has 0 atom stereocenters. The molecule has 1 fully saturated rings. The summed E-state index contributed by atoms with van der Waals surface area (Å²) >= 11 is 7.48. The summed E-state index contributed by atoms with van der Waals surface area (Å²) in [5, 5.41) is 14.3. The molecular formula is C26H17ClN4OS. The van der Waals surface area contributed by atoms with Gasteiger partial charge in [-0.25, -0.2) is 4.99 Å². The van der Waals surface area contributed by atoms with Gasteiger partial charge in [-0.15, -0.1) is 0 Å². The number of aliphatic imine (C=N–C) groups is 1. The maximum Gasteiger partial charge on any atom is 0.264 e. The van der Waals surface area contributed by atoms with E-state index in [1.165, 1.54) is 11.8 Å². The number of hydrogen-bond acceptors (Lipinski definition) is 4. The monoisotopic (exact) mass is 468 g/mol. The van der Waals surface area contributed by atoms with Crippen LogP contribution in [0.1, 0.15) is 16.7 Å².